The van der Waals surface area contributed by atoms with Crippen LogP contribution in [0, 0.1) is 5.41 Å². The number of piperazine rings is 1. The minimum Gasteiger partial charge on any atom is -0.380 e. The molecule has 0 spiro atoms. The van der Waals surface area contributed by atoms with Gasteiger partial charge in [0.2, 0.25) is 0 Å². The zero-order chi connectivity index (χ0) is 23.2. The van der Waals surface area contributed by atoms with Crippen LogP contribution in [0.1, 0.15) is 62.1 Å². The maximum absolute atomic E-state index is 13.0. The molecule has 1 aromatic carbocycles. The Morgan fingerprint density at radius 3 is 2.30 bits per heavy atom. The molecule has 3 aliphatic rings. The zero-order valence-electron chi connectivity index (χ0n) is 19.7. The number of imidazole rings is 1. The van der Waals surface area contributed by atoms with Crippen LogP contribution in [0.5, 0.6) is 0 Å². The fourth-order valence-electron chi connectivity index (χ4n) is 5.31. The summed E-state index contributed by atoms with van der Waals surface area (Å²) in [4.78, 5) is 33.7. The SMILES string of the molecule is CCCC1(C)CCn2cc(-c3ccc(C(=O)N4CCN(C(=O)C5(O)CC5)CC4)cc3)nc2C1. The highest BCUT2D eigenvalue weighted by molar-refractivity contribution is 5.95. The van der Waals surface area contributed by atoms with Crippen LogP contribution >= 0.6 is 0 Å². The van der Waals surface area contributed by atoms with Crippen molar-refractivity contribution in [3.05, 3.63) is 41.9 Å². The first-order chi connectivity index (χ1) is 15.8. The lowest BCUT2D eigenvalue weighted by Gasteiger charge is -2.35. The molecule has 1 saturated heterocycles. The van der Waals surface area contributed by atoms with E-state index < -0.39 is 5.60 Å². The Morgan fingerprint density at radius 2 is 1.67 bits per heavy atom. The van der Waals surface area contributed by atoms with Gasteiger partial charge in [0.15, 0.2) is 0 Å². The molecule has 7 nitrogen and oxygen atoms in total. The highest BCUT2D eigenvalue weighted by atomic mass is 16.3. The van der Waals surface area contributed by atoms with Gasteiger partial charge in [-0.05, 0) is 43.2 Å². The monoisotopic (exact) mass is 450 g/mol. The minimum absolute atomic E-state index is 0.0155. The van der Waals surface area contributed by atoms with Crippen LogP contribution < -0.4 is 0 Å². The molecule has 7 heteroatoms. The maximum Gasteiger partial charge on any atom is 0.254 e. The largest absolute Gasteiger partial charge is 0.380 e. The first-order valence-corrected chi connectivity index (χ1v) is 12.3. The normalized spacial score (nSPS) is 23.8. The summed E-state index contributed by atoms with van der Waals surface area (Å²) in [7, 11) is 0. The Morgan fingerprint density at radius 1 is 1.00 bits per heavy atom. The highest BCUT2D eigenvalue weighted by Crippen LogP contribution is 2.38. The standard InChI is InChI=1S/C26H34N4O3/c1-3-8-25(2)11-12-30-18-21(27-22(30)17-25)19-4-6-20(7-5-19)23(31)28-13-15-29(16-14-28)24(32)26(33)9-10-26/h4-7,18,33H,3,8-17H2,1-2H3. The summed E-state index contributed by atoms with van der Waals surface area (Å²) in [6.45, 7) is 7.57. The topological polar surface area (TPSA) is 78.7 Å². The predicted molar refractivity (Wildman–Crippen MR) is 126 cm³/mol. The third kappa shape index (κ3) is 4.31. The van der Waals surface area contributed by atoms with Gasteiger partial charge in [0.1, 0.15) is 11.4 Å². The van der Waals surface area contributed by atoms with Crippen LogP contribution in [0.15, 0.2) is 30.5 Å². The number of amides is 2. The molecule has 33 heavy (non-hydrogen) atoms. The van der Waals surface area contributed by atoms with Gasteiger partial charge in [0, 0.05) is 56.5 Å². The van der Waals surface area contributed by atoms with Crippen molar-refractivity contribution in [2.24, 2.45) is 5.41 Å². The molecule has 1 aliphatic carbocycles. The van der Waals surface area contributed by atoms with E-state index in [9.17, 15) is 14.7 Å². The van der Waals surface area contributed by atoms with Crippen LogP contribution in [-0.4, -0.2) is 68.1 Å². The summed E-state index contributed by atoms with van der Waals surface area (Å²) in [6.07, 6.45) is 7.88. The lowest BCUT2D eigenvalue weighted by Crippen LogP contribution is -2.53. The predicted octanol–water partition coefficient (Wildman–Crippen LogP) is 3.11. The van der Waals surface area contributed by atoms with Gasteiger partial charge in [0.25, 0.3) is 11.8 Å². The molecule has 0 bridgehead atoms. The molecule has 0 radical (unpaired) electrons. The van der Waals surface area contributed by atoms with Crippen molar-refractivity contribution in [1.82, 2.24) is 19.4 Å². The molecule has 2 amide bonds. The van der Waals surface area contributed by atoms with Gasteiger partial charge in [-0.3, -0.25) is 9.59 Å². The number of aliphatic hydroxyl groups is 1. The number of aryl methyl sites for hydroxylation is 1. The second-order valence-corrected chi connectivity index (χ2v) is 10.4. The third-order valence-corrected chi connectivity index (χ3v) is 7.66. The van der Waals surface area contributed by atoms with Crippen molar-refractivity contribution in [3.63, 3.8) is 0 Å². The lowest BCUT2D eigenvalue weighted by atomic mass is 9.77. The Labute approximate surface area is 195 Å². The summed E-state index contributed by atoms with van der Waals surface area (Å²) >= 11 is 0. The summed E-state index contributed by atoms with van der Waals surface area (Å²) in [5, 5.41) is 10.0. The van der Waals surface area contributed by atoms with Crippen LogP contribution in [-0.2, 0) is 17.8 Å². The fraction of sp³-hybridized carbons (Fsp3) is 0.577. The van der Waals surface area contributed by atoms with Crippen molar-refractivity contribution in [1.29, 1.82) is 0 Å². The second kappa shape index (κ2) is 8.28. The van der Waals surface area contributed by atoms with Crippen molar-refractivity contribution in [3.8, 4) is 11.3 Å². The number of benzene rings is 1. The van der Waals surface area contributed by atoms with Gasteiger partial charge in [0.05, 0.1) is 5.69 Å². The van der Waals surface area contributed by atoms with E-state index in [1.807, 2.05) is 24.3 Å². The average Bonchev–Trinajstić information content (AvgIpc) is 3.44. The minimum atomic E-state index is -1.14. The molecule has 1 N–H and O–H groups in total. The zero-order valence-corrected chi connectivity index (χ0v) is 19.7. The molecule has 2 aromatic rings. The van der Waals surface area contributed by atoms with Crippen molar-refractivity contribution < 1.29 is 14.7 Å². The highest BCUT2D eigenvalue weighted by Gasteiger charge is 2.50. The van der Waals surface area contributed by atoms with Crippen LogP contribution in [0.4, 0.5) is 0 Å². The van der Waals surface area contributed by atoms with Crippen LogP contribution in [0.25, 0.3) is 11.3 Å². The van der Waals surface area contributed by atoms with Crippen LogP contribution in [0.2, 0.25) is 0 Å². The summed E-state index contributed by atoms with van der Waals surface area (Å²) in [5.74, 6) is 0.964. The third-order valence-electron chi connectivity index (χ3n) is 7.66. The second-order valence-electron chi connectivity index (χ2n) is 10.4. The number of aromatic nitrogens is 2. The van der Waals surface area contributed by atoms with Gasteiger partial charge in [-0.25, -0.2) is 4.98 Å². The van der Waals surface area contributed by atoms with E-state index in [0.29, 0.717) is 50.0 Å². The van der Waals surface area contributed by atoms with E-state index in [0.717, 1.165) is 30.0 Å². The Kier molecular flexibility index (Phi) is 5.55. The van der Waals surface area contributed by atoms with Crippen molar-refractivity contribution in [2.75, 3.05) is 26.2 Å². The molecule has 5 rings (SSSR count). The van der Waals surface area contributed by atoms with E-state index in [-0.39, 0.29) is 11.8 Å². The molecule has 1 unspecified atom stereocenters. The quantitative estimate of drug-likeness (QED) is 0.759. The van der Waals surface area contributed by atoms with Crippen LogP contribution in [0.3, 0.4) is 0 Å². The Balaban J connectivity index is 1.22. The maximum atomic E-state index is 13.0. The molecule has 176 valence electrons. The number of carbonyl (C=O) groups is 2. The van der Waals surface area contributed by atoms with Gasteiger partial charge in [-0.1, -0.05) is 32.4 Å². The molecule has 3 heterocycles. The number of fused-ring (bicyclic) bond motifs is 1. The van der Waals surface area contributed by atoms with E-state index >= 15 is 0 Å². The number of rotatable bonds is 5. The van der Waals surface area contributed by atoms with E-state index in [2.05, 4.69) is 24.6 Å². The molecule has 1 aromatic heterocycles. The van der Waals surface area contributed by atoms with Crippen molar-refractivity contribution in [2.45, 2.75) is 64.5 Å². The molecule has 2 fully saturated rings. The Bertz CT molecular complexity index is 1050. The first kappa shape index (κ1) is 22.1. The number of hydrogen-bond donors (Lipinski definition) is 1. The molecular formula is C26H34N4O3. The Hall–Kier alpha value is -2.67. The smallest absolute Gasteiger partial charge is 0.254 e. The van der Waals surface area contributed by atoms with E-state index in [1.165, 1.54) is 19.3 Å². The lowest BCUT2D eigenvalue weighted by molar-refractivity contribution is -0.143. The summed E-state index contributed by atoms with van der Waals surface area (Å²) in [6, 6.07) is 7.72. The van der Waals surface area contributed by atoms with E-state index in [1.54, 1.807) is 9.80 Å². The van der Waals surface area contributed by atoms with Gasteiger partial charge >= 0.3 is 0 Å². The molecule has 1 atom stereocenters. The van der Waals surface area contributed by atoms with E-state index in [4.69, 9.17) is 4.98 Å². The number of hydrogen-bond acceptors (Lipinski definition) is 4. The number of nitrogens with zero attached hydrogens (tertiary/aromatic N) is 4. The molecular weight excluding hydrogens is 416 g/mol. The van der Waals surface area contributed by atoms with Gasteiger partial charge in [-0.2, -0.15) is 0 Å². The van der Waals surface area contributed by atoms with Gasteiger partial charge < -0.3 is 19.5 Å². The molecule has 1 saturated carbocycles. The molecule has 2 aliphatic heterocycles. The first-order valence-electron chi connectivity index (χ1n) is 12.3. The average molecular weight is 451 g/mol. The fourth-order valence-corrected chi connectivity index (χ4v) is 5.31. The number of carbonyl (C=O) groups excluding carboxylic acids is 2. The summed E-state index contributed by atoms with van der Waals surface area (Å²) in [5.41, 5.74) is 1.85. The van der Waals surface area contributed by atoms with Gasteiger partial charge in [-0.15, -0.1) is 0 Å². The summed E-state index contributed by atoms with van der Waals surface area (Å²) < 4.78 is 2.28. The van der Waals surface area contributed by atoms with Crippen molar-refractivity contribution >= 4 is 11.8 Å².